The SMILES string of the molecule is CCOc1ccc(N2C(=O)c3ccc(C(=O)NC(C)(C)CN)cc3C2=O)cc1. The Morgan fingerprint density at radius 3 is 2.32 bits per heavy atom. The van der Waals surface area contributed by atoms with Crippen molar-refractivity contribution in [1.82, 2.24) is 5.32 Å². The van der Waals surface area contributed by atoms with Gasteiger partial charge in [0.05, 0.1) is 23.4 Å². The average Bonchev–Trinajstić information content (AvgIpc) is 2.92. The second-order valence-corrected chi connectivity index (χ2v) is 7.18. The van der Waals surface area contributed by atoms with E-state index in [-0.39, 0.29) is 23.6 Å². The van der Waals surface area contributed by atoms with E-state index in [9.17, 15) is 14.4 Å². The highest BCUT2D eigenvalue weighted by Gasteiger charge is 2.37. The van der Waals surface area contributed by atoms with Crippen LogP contribution < -0.4 is 20.7 Å². The number of hydrogen-bond donors (Lipinski definition) is 2. The first kappa shape index (κ1) is 19.6. The van der Waals surface area contributed by atoms with Crippen molar-refractivity contribution in [2.45, 2.75) is 26.3 Å². The topological polar surface area (TPSA) is 102 Å². The number of nitrogens with one attached hydrogen (secondary N) is 1. The normalized spacial score (nSPS) is 13.5. The van der Waals surface area contributed by atoms with Gasteiger partial charge in [-0.1, -0.05) is 0 Å². The summed E-state index contributed by atoms with van der Waals surface area (Å²) in [6.07, 6.45) is 0. The molecule has 0 aromatic heterocycles. The van der Waals surface area contributed by atoms with Gasteiger partial charge in [0, 0.05) is 17.6 Å². The van der Waals surface area contributed by atoms with Crippen LogP contribution >= 0.6 is 0 Å². The molecule has 28 heavy (non-hydrogen) atoms. The number of benzene rings is 2. The Hall–Kier alpha value is -3.19. The fourth-order valence-corrected chi connectivity index (χ4v) is 2.91. The van der Waals surface area contributed by atoms with Crippen molar-refractivity contribution in [2.24, 2.45) is 5.73 Å². The van der Waals surface area contributed by atoms with E-state index in [1.54, 1.807) is 38.1 Å². The molecule has 0 spiro atoms. The molecule has 0 fully saturated rings. The number of carbonyl (C=O) groups is 3. The lowest BCUT2D eigenvalue weighted by molar-refractivity contribution is 0.0910. The Bertz CT molecular complexity index is 935. The van der Waals surface area contributed by atoms with Gasteiger partial charge in [0.15, 0.2) is 0 Å². The van der Waals surface area contributed by atoms with E-state index in [1.807, 2.05) is 6.92 Å². The number of rotatable bonds is 6. The van der Waals surface area contributed by atoms with Gasteiger partial charge in [-0.25, -0.2) is 4.90 Å². The smallest absolute Gasteiger partial charge is 0.266 e. The molecule has 7 nitrogen and oxygen atoms in total. The zero-order valence-corrected chi connectivity index (χ0v) is 16.1. The lowest BCUT2D eigenvalue weighted by Gasteiger charge is -2.24. The molecule has 3 rings (SSSR count). The van der Waals surface area contributed by atoms with Crippen LogP contribution in [-0.2, 0) is 0 Å². The van der Waals surface area contributed by atoms with E-state index in [0.29, 0.717) is 23.6 Å². The summed E-state index contributed by atoms with van der Waals surface area (Å²) in [5, 5.41) is 2.81. The van der Waals surface area contributed by atoms with Crippen LogP contribution in [0.2, 0.25) is 0 Å². The van der Waals surface area contributed by atoms with Crippen LogP contribution in [0.1, 0.15) is 51.8 Å². The molecule has 2 aromatic rings. The first-order valence-electron chi connectivity index (χ1n) is 9.05. The van der Waals surface area contributed by atoms with Crippen LogP contribution in [0.4, 0.5) is 5.69 Å². The predicted octanol–water partition coefficient (Wildman–Crippen LogP) is 2.35. The lowest BCUT2D eigenvalue weighted by Crippen LogP contribution is -2.48. The van der Waals surface area contributed by atoms with Crippen LogP contribution in [0.3, 0.4) is 0 Å². The van der Waals surface area contributed by atoms with Crippen molar-refractivity contribution in [1.29, 1.82) is 0 Å². The van der Waals surface area contributed by atoms with Crippen molar-refractivity contribution in [3.8, 4) is 5.75 Å². The molecular formula is C21H23N3O4. The van der Waals surface area contributed by atoms with Crippen LogP contribution in [0, 0.1) is 0 Å². The minimum absolute atomic E-state index is 0.206. The van der Waals surface area contributed by atoms with E-state index >= 15 is 0 Å². The highest BCUT2D eigenvalue weighted by atomic mass is 16.5. The van der Waals surface area contributed by atoms with Crippen LogP contribution in [0.25, 0.3) is 0 Å². The molecule has 7 heteroatoms. The van der Waals surface area contributed by atoms with E-state index in [1.165, 1.54) is 18.2 Å². The molecular weight excluding hydrogens is 358 g/mol. The minimum Gasteiger partial charge on any atom is -0.494 e. The Morgan fingerprint density at radius 2 is 1.71 bits per heavy atom. The average molecular weight is 381 g/mol. The summed E-state index contributed by atoms with van der Waals surface area (Å²) in [6.45, 7) is 6.28. The number of anilines is 1. The first-order valence-corrected chi connectivity index (χ1v) is 9.05. The molecule has 3 N–H and O–H groups in total. The van der Waals surface area contributed by atoms with E-state index in [4.69, 9.17) is 10.5 Å². The van der Waals surface area contributed by atoms with Gasteiger partial charge in [0.25, 0.3) is 17.7 Å². The Balaban J connectivity index is 1.88. The summed E-state index contributed by atoms with van der Waals surface area (Å²) < 4.78 is 5.39. The highest BCUT2D eigenvalue weighted by molar-refractivity contribution is 6.34. The van der Waals surface area contributed by atoms with Gasteiger partial charge in [-0.05, 0) is 63.2 Å². The molecule has 0 saturated carbocycles. The monoisotopic (exact) mass is 381 g/mol. The maximum atomic E-state index is 12.9. The van der Waals surface area contributed by atoms with Gasteiger partial charge >= 0.3 is 0 Å². The predicted molar refractivity (Wildman–Crippen MR) is 106 cm³/mol. The summed E-state index contributed by atoms with van der Waals surface area (Å²) in [6, 6.07) is 11.2. The third-order valence-electron chi connectivity index (χ3n) is 4.52. The molecule has 0 bridgehead atoms. The Labute approximate surface area is 163 Å². The fourth-order valence-electron chi connectivity index (χ4n) is 2.91. The van der Waals surface area contributed by atoms with Crippen LogP contribution in [-0.4, -0.2) is 36.4 Å². The second kappa shape index (κ2) is 7.44. The van der Waals surface area contributed by atoms with Gasteiger partial charge in [0.1, 0.15) is 5.75 Å². The van der Waals surface area contributed by atoms with Crippen LogP contribution in [0.15, 0.2) is 42.5 Å². The number of nitrogens with zero attached hydrogens (tertiary/aromatic N) is 1. The maximum Gasteiger partial charge on any atom is 0.266 e. The molecule has 0 saturated heterocycles. The summed E-state index contributed by atoms with van der Waals surface area (Å²) in [4.78, 5) is 39.2. The molecule has 146 valence electrons. The maximum absolute atomic E-state index is 12.9. The molecule has 2 aromatic carbocycles. The highest BCUT2D eigenvalue weighted by Crippen LogP contribution is 2.30. The number of amides is 3. The zero-order chi connectivity index (χ0) is 20.5. The third-order valence-corrected chi connectivity index (χ3v) is 4.52. The van der Waals surface area contributed by atoms with Gasteiger partial charge < -0.3 is 15.8 Å². The fraction of sp³-hybridized carbons (Fsp3) is 0.286. The first-order chi connectivity index (χ1) is 13.3. The molecule has 1 aliphatic rings. The zero-order valence-electron chi connectivity index (χ0n) is 16.1. The number of hydrogen-bond acceptors (Lipinski definition) is 5. The number of ether oxygens (including phenoxy) is 1. The molecule has 3 amide bonds. The van der Waals surface area contributed by atoms with Gasteiger partial charge in [0.2, 0.25) is 0 Å². The minimum atomic E-state index is -0.579. The van der Waals surface area contributed by atoms with E-state index in [2.05, 4.69) is 5.32 Å². The van der Waals surface area contributed by atoms with Crippen molar-refractivity contribution < 1.29 is 19.1 Å². The molecule has 1 aliphatic heterocycles. The molecule has 1 heterocycles. The molecule has 0 atom stereocenters. The van der Waals surface area contributed by atoms with Gasteiger partial charge in [-0.15, -0.1) is 0 Å². The van der Waals surface area contributed by atoms with Crippen molar-refractivity contribution in [2.75, 3.05) is 18.1 Å². The third kappa shape index (κ3) is 3.61. The molecule has 0 unspecified atom stereocenters. The van der Waals surface area contributed by atoms with E-state index in [0.717, 1.165) is 4.90 Å². The van der Waals surface area contributed by atoms with Crippen molar-refractivity contribution in [3.05, 3.63) is 59.2 Å². The summed E-state index contributed by atoms with van der Waals surface area (Å²) in [5.74, 6) is -0.572. The number of nitrogens with two attached hydrogens (primary N) is 1. The lowest BCUT2D eigenvalue weighted by atomic mass is 10.0. The van der Waals surface area contributed by atoms with Crippen molar-refractivity contribution >= 4 is 23.4 Å². The summed E-state index contributed by atoms with van der Waals surface area (Å²) in [7, 11) is 0. The van der Waals surface area contributed by atoms with Gasteiger partial charge in [-0.2, -0.15) is 0 Å². The van der Waals surface area contributed by atoms with Crippen LogP contribution in [0.5, 0.6) is 5.75 Å². The Morgan fingerprint density at radius 1 is 1.07 bits per heavy atom. The quantitative estimate of drug-likeness (QED) is 0.748. The number of carbonyl (C=O) groups excluding carboxylic acids is 3. The Kier molecular flexibility index (Phi) is 5.20. The summed E-state index contributed by atoms with van der Waals surface area (Å²) >= 11 is 0. The number of imide groups is 1. The van der Waals surface area contributed by atoms with Crippen molar-refractivity contribution in [3.63, 3.8) is 0 Å². The largest absolute Gasteiger partial charge is 0.494 e. The van der Waals surface area contributed by atoms with Gasteiger partial charge in [-0.3, -0.25) is 14.4 Å². The van der Waals surface area contributed by atoms with E-state index < -0.39 is 17.4 Å². The standard InChI is InChI=1S/C21H23N3O4/c1-4-28-15-8-6-14(7-9-15)24-19(26)16-10-5-13(11-17(16)20(24)27)18(25)23-21(2,3)12-22/h5-11H,4,12,22H2,1-3H3,(H,23,25). The number of fused-ring (bicyclic) bond motifs is 1. The molecule has 0 radical (unpaired) electrons. The summed E-state index contributed by atoms with van der Waals surface area (Å²) in [5.41, 5.74) is 6.29. The second-order valence-electron chi connectivity index (χ2n) is 7.18. The molecule has 0 aliphatic carbocycles.